The Morgan fingerprint density at radius 1 is 1.41 bits per heavy atom. The number of nitrogens with one attached hydrogen (secondary N) is 1. The van der Waals surface area contributed by atoms with Gasteiger partial charge in [-0.25, -0.2) is 0 Å². The molecule has 1 fully saturated rings. The van der Waals surface area contributed by atoms with Gasteiger partial charge < -0.3 is 5.32 Å². The largest absolute Gasteiger partial charge is 0.310 e. The maximum Gasteiger partial charge on any atom is 0.0328 e. The van der Waals surface area contributed by atoms with Crippen LogP contribution in [-0.2, 0) is 13.0 Å². The van der Waals surface area contributed by atoms with Gasteiger partial charge in [-0.2, -0.15) is 0 Å². The van der Waals surface area contributed by atoms with E-state index in [1.807, 2.05) is 11.3 Å². The molecule has 1 atom stereocenters. The number of hydrogen-bond donors (Lipinski definition) is 1. The Bertz CT molecular complexity index is 346. The lowest BCUT2D eigenvalue weighted by molar-refractivity contribution is 0.319. The summed E-state index contributed by atoms with van der Waals surface area (Å²) in [5.41, 5.74) is 0. The highest BCUT2D eigenvalue weighted by molar-refractivity contribution is 7.11. The summed E-state index contributed by atoms with van der Waals surface area (Å²) < 4.78 is 0. The fraction of sp³-hybridized carbons (Fsp3) is 0.714. The van der Waals surface area contributed by atoms with Crippen molar-refractivity contribution in [2.24, 2.45) is 0 Å². The molecule has 1 aromatic rings. The zero-order valence-electron chi connectivity index (χ0n) is 11.2. The third kappa shape index (κ3) is 3.80. The van der Waals surface area contributed by atoms with E-state index in [1.165, 1.54) is 35.7 Å². The van der Waals surface area contributed by atoms with Crippen LogP contribution in [0.3, 0.4) is 0 Å². The highest BCUT2D eigenvalue weighted by Gasteiger charge is 2.22. The van der Waals surface area contributed by atoms with E-state index in [9.17, 15) is 0 Å². The fourth-order valence-corrected chi connectivity index (χ4v) is 3.50. The predicted molar refractivity (Wildman–Crippen MR) is 75.7 cm³/mol. The Hall–Kier alpha value is -0.380. The van der Waals surface area contributed by atoms with Gasteiger partial charge in [0, 0.05) is 41.5 Å². The van der Waals surface area contributed by atoms with Crippen LogP contribution in [0, 0.1) is 0 Å². The third-order valence-corrected chi connectivity index (χ3v) is 4.50. The molecular weight excluding hydrogens is 228 g/mol. The number of nitrogens with zero attached hydrogens (tertiary/aromatic N) is 1. The number of rotatable bonds is 5. The van der Waals surface area contributed by atoms with Crippen molar-refractivity contribution >= 4 is 11.3 Å². The molecule has 96 valence electrons. The van der Waals surface area contributed by atoms with E-state index < -0.39 is 0 Å². The topological polar surface area (TPSA) is 15.3 Å². The minimum absolute atomic E-state index is 0.605. The Balaban J connectivity index is 1.81. The Kier molecular flexibility index (Phi) is 4.60. The molecule has 1 N–H and O–H groups in total. The summed E-state index contributed by atoms with van der Waals surface area (Å²) in [7, 11) is 0. The molecule has 2 heterocycles. The Labute approximate surface area is 109 Å². The molecule has 0 spiro atoms. The standard InChI is InChI=1S/C14H24N2S/c1-4-13-5-6-14(17-13)10-16-8-7-12(9-16)15-11(2)3/h5-6,11-12,15H,4,7-10H2,1-3H3. The summed E-state index contributed by atoms with van der Waals surface area (Å²) in [6.07, 6.45) is 2.46. The van der Waals surface area contributed by atoms with Gasteiger partial charge in [0.05, 0.1) is 0 Å². The van der Waals surface area contributed by atoms with Crippen LogP contribution in [0.4, 0.5) is 0 Å². The molecule has 0 saturated carbocycles. The first-order chi connectivity index (χ1) is 8.17. The fourth-order valence-electron chi connectivity index (χ4n) is 2.50. The second-order valence-electron chi connectivity index (χ2n) is 5.26. The van der Waals surface area contributed by atoms with Crippen LogP contribution >= 0.6 is 11.3 Å². The lowest BCUT2D eigenvalue weighted by Crippen LogP contribution is -2.36. The van der Waals surface area contributed by atoms with E-state index in [4.69, 9.17) is 0 Å². The Morgan fingerprint density at radius 3 is 2.82 bits per heavy atom. The van der Waals surface area contributed by atoms with Crippen molar-refractivity contribution in [1.82, 2.24) is 10.2 Å². The monoisotopic (exact) mass is 252 g/mol. The predicted octanol–water partition coefficient (Wildman–Crippen LogP) is 2.88. The molecule has 0 bridgehead atoms. The van der Waals surface area contributed by atoms with Crippen LogP contribution in [-0.4, -0.2) is 30.1 Å². The molecule has 3 heteroatoms. The van der Waals surface area contributed by atoms with Crippen LogP contribution in [0.2, 0.25) is 0 Å². The summed E-state index contributed by atoms with van der Waals surface area (Å²) in [5.74, 6) is 0. The molecule has 1 aliphatic heterocycles. The van der Waals surface area contributed by atoms with E-state index in [0.29, 0.717) is 12.1 Å². The summed E-state index contributed by atoms with van der Waals surface area (Å²) in [5, 5.41) is 3.64. The van der Waals surface area contributed by atoms with Crippen molar-refractivity contribution in [3.05, 3.63) is 21.9 Å². The molecule has 1 unspecified atom stereocenters. The van der Waals surface area contributed by atoms with Gasteiger partial charge in [-0.05, 0) is 25.0 Å². The first-order valence-electron chi connectivity index (χ1n) is 6.73. The van der Waals surface area contributed by atoms with Crippen molar-refractivity contribution in [1.29, 1.82) is 0 Å². The minimum atomic E-state index is 0.605. The quantitative estimate of drug-likeness (QED) is 0.867. The molecule has 0 aromatic carbocycles. The molecule has 2 rings (SSSR count). The molecule has 1 aromatic heterocycles. The van der Waals surface area contributed by atoms with Gasteiger partial charge in [0.25, 0.3) is 0 Å². The van der Waals surface area contributed by atoms with Crippen molar-refractivity contribution in [3.63, 3.8) is 0 Å². The first kappa shape index (κ1) is 13.1. The minimum Gasteiger partial charge on any atom is -0.310 e. The number of aryl methyl sites for hydroxylation is 1. The molecule has 1 saturated heterocycles. The maximum atomic E-state index is 3.64. The van der Waals surface area contributed by atoms with Gasteiger partial charge >= 0.3 is 0 Å². The van der Waals surface area contributed by atoms with E-state index in [1.54, 1.807) is 0 Å². The summed E-state index contributed by atoms with van der Waals surface area (Å²) >= 11 is 1.97. The van der Waals surface area contributed by atoms with Gasteiger partial charge in [0.15, 0.2) is 0 Å². The lowest BCUT2D eigenvalue weighted by atomic mass is 10.2. The molecule has 0 radical (unpaired) electrons. The molecular formula is C14H24N2S. The van der Waals surface area contributed by atoms with Crippen LogP contribution in [0.1, 0.15) is 36.9 Å². The molecule has 2 nitrogen and oxygen atoms in total. The van der Waals surface area contributed by atoms with E-state index in [2.05, 4.69) is 43.1 Å². The highest BCUT2D eigenvalue weighted by atomic mass is 32.1. The lowest BCUT2D eigenvalue weighted by Gasteiger charge is -2.17. The average molecular weight is 252 g/mol. The molecule has 0 aliphatic carbocycles. The zero-order valence-corrected chi connectivity index (χ0v) is 12.0. The third-order valence-electron chi connectivity index (χ3n) is 3.29. The second kappa shape index (κ2) is 5.98. The number of likely N-dealkylation sites (tertiary alicyclic amines) is 1. The van der Waals surface area contributed by atoms with E-state index in [0.717, 1.165) is 6.54 Å². The smallest absolute Gasteiger partial charge is 0.0328 e. The SMILES string of the molecule is CCc1ccc(CN2CCC(NC(C)C)C2)s1. The first-order valence-corrected chi connectivity index (χ1v) is 7.55. The van der Waals surface area contributed by atoms with Crippen molar-refractivity contribution in [2.45, 2.75) is 52.2 Å². The second-order valence-corrected chi connectivity index (χ2v) is 6.52. The maximum absolute atomic E-state index is 3.64. The normalized spacial score (nSPS) is 21.5. The van der Waals surface area contributed by atoms with Crippen LogP contribution in [0.5, 0.6) is 0 Å². The highest BCUT2D eigenvalue weighted by Crippen LogP contribution is 2.21. The van der Waals surface area contributed by atoms with Gasteiger partial charge in [0.2, 0.25) is 0 Å². The van der Waals surface area contributed by atoms with Gasteiger partial charge in [0.1, 0.15) is 0 Å². The van der Waals surface area contributed by atoms with E-state index >= 15 is 0 Å². The van der Waals surface area contributed by atoms with Crippen LogP contribution < -0.4 is 5.32 Å². The van der Waals surface area contributed by atoms with Crippen molar-refractivity contribution in [2.75, 3.05) is 13.1 Å². The average Bonchev–Trinajstić information content (AvgIpc) is 2.88. The summed E-state index contributed by atoms with van der Waals surface area (Å²) in [6, 6.07) is 5.88. The summed E-state index contributed by atoms with van der Waals surface area (Å²) in [6.45, 7) is 10.3. The van der Waals surface area contributed by atoms with Gasteiger partial charge in [-0.1, -0.05) is 20.8 Å². The number of hydrogen-bond acceptors (Lipinski definition) is 3. The van der Waals surface area contributed by atoms with Crippen molar-refractivity contribution < 1.29 is 0 Å². The molecule has 1 aliphatic rings. The van der Waals surface area contributed by atoms with E-state index in [-0.39, 0.29) is 0 Å². The van der Waals surface area contributed by atoms with Crippen LogP contribution in [0.25, 0.3) is 0 Å². The van der Waals surface area contributed by atoms with Gasteiger partial charge in [-0.3, -0.25) is 4.90 Å². The van der Waals surface area contributed by atoms with Crippen LogP contribution in [0.15, 0.2) is 12.1 Å². The zero-order chi connectivity index (χ0) is 12.3. The van der Waals surface area contributed by atoms with Crippen molar-refractivity contribution in [3.8, 4) is 0 Å². The molecule has 0 amide bonds. The van der Waals surface area contributed by atoms with Gasteiger partial charge in [-0.15, -0.1) is 11.3 Å². The molecule has 17 heavy (non-hydrogen) atoms. The number of thiophene rings is 1. The Morgan fingerprint density at radius 2 is 2.18 bits per heavy atom. The summed E-state index contributed by atoms with van der Waals surface area (Å²) in [4.78, 5) is 5.61.